The standard InChI is InChI=1S/C36H36FN5O3S/c1-4-32(43)41-13-10-27(20-41)42-21-30(22(2)40-42)35-33(28-8-7-26(37)18-31(28)45-15-14-44-3)36-29(11-16-46-36)34(39-35)24-5-6-25-19-38-12-9-23(25)17-24/h4-8,11,16-18,21,27,38H,1,9-10,12-15,19-20H2,2-3H3. The fourth-order valence-electron chi connectivity index (χ4n) is 6.56. The topological polar surface area (TPSA) is 81.5 Å². The number of aryl methyl sites for hydroxylation is 1. The number of thiophene rings is 1. The van der Waals surface area contributed by atoms with Crippen LogP contribution in [0, 0.1) is 12.7 Å². The molecule has 1 fully saturated rings. The van der Waals surface area contributed by atoms with E-state index in [4.69, 9.17) is 19.6 Å². The van der Waals surface area contributed by atoms with Gasteiger partial charge in [0.05, 0.1) is 29.7 Å². The van der Waals surface area contributed by atoms with Crippen LogP contribution >= 0.6 is 11.3 Å². The second-order valence-electron chi connectivity index (χ2n) is 11.8. The van der Waals surface area contributed by atoms with Crippen LogP contribution in [-0.4, -0.2) is 65.5 Å². The predicted molar refractivity (Wildman–Crippen MR) is 180 cm³/mol. The molecule has 1 unspecified atom stereocenters. The second kappa shape index (κ2) is 12.8. The van der Waals surface area contributed by atoms with E-state index in [9.17, 15) is 9.18 Å². The van der Waals surface area contributed by atoms with Crippen LogP contribution in [0.3, 0.4) is 0 Å². The van der Waals surface area contributed by atoms with Crippen molar-refractivity contribution in [1.29, 1.82) is 0 Å². The van der Waals surface area contributed by atoms with Gasteiger partial charge in [-0.2, -0.15) is 5.10 Å². The van der Waals surface area contributed by atoms with Gasteiger partial charge < -0.3 is 19.7 Å². The maximum absolute atomic E-state index is 14.7. The first-order valence-corrected chi connectivity index (χ1v) is 16.5. The van der Waals surface area contributed by atoms with Gasteiger partial charge in [0, 0.05) is 71.3 Å². The largest absolute Gasteiger partial charge is 0.490 e. The molecule has 2 aliphatic heterocycles. The first kappa shape index (κ1) is 30.3. The molecule has 10 heteroatoms. The zero-order valence-corrected chi connectivity index (χ0v) is 26.8. The van der Waals surface area contributed by atoms with Crippen LogP contribution < -0.4 is 10.1 Å². The fraction of sp³-hybridized carbons (Fsp3) is 0.306. The van der Waals surface area contributed by atoms with Gasteiger partial charge in [0.2, 0.25) is 5.91 Å². The molecule has 5 heterocycles. The van der Waals surface area contributed by atoms with Crippen LogP contribution in [0.2, 0.25) is 0 Å². The van der Waals surface area contributed by atoms with Gasteiger partial charge in [-0.05, 0) is 73.2 Å². The lowest BCUT2D eigenvalue weighted by molar-refractivity contribution is -0.125. The summed E-state index contributed by atoms with van der Waals surface area (Å²) in [4.78, 5) is 19.6. The first-order chi connectivity index (χ1) is 22.4. The number of pyridine rings is 1. The molecule has 1 amide bonds. The molecular formula is C36H36FN5O3S. The SMILES string of the molecule is C=CC(=O)N1CCC(n2cc(-c3nc(-c4ccc5c(c4)CCNC5)c4ccsc4c3-c3ccc(F)cc3OCCOC)c(C)n2)C1. The third kappa shape index (κ3) is 5.61. The molecule has 8 nitrogen and oxygen atoms in total. The number of aromatic nitrogens is 3. The van der Waals surface area contributed by atoms with Gasteiger partial charge in [-0.15, -0.1) is 11.3 Å². The Morgan fingerprint density at radius 3 is 2.89 bits per heavy atom. The lowest BCUT2D eigenvalue weighted by Crippen LogP contribution is -2.27. The van der Waals surface area contributed by atoms with Gasteiger partial charge in [0.1, 0.15) is 18.2 Å². The van der Waals surface area contributed by atoms with E-state index in [1.165, 1.54) is 29.3 Å². The van der Waals surface area contributed by atoms with Crippen molar-refractivity contribution in [3.05, 3.63) is 89.3 Å². The van der Waals surface area contributed by atoms with Crippen LogP contribution in [0.25, 0.3) is 43.7 Å². The predicted octanol–water partition coefficient (Wildman–Crippen LogP) is 6.57. The van der Waals surface area contributed by atoms with Crippen LogP contribution in [0.5, 0.6) is 5.75 Å². The van der Waals surface area contributed by atoms with Crippen molar-refractivity contribution in [2.75, 3.05) is 40.0 Å². The highest BCUT2D eigenvalue weighted by Crippen LogP contribution is 2.47. The Balaban J connectivity index is 1.43. The van der Waals surface area contributed by atoms with Gasteiger partial charge in [0.25, 0.3) is 0 Å². The van der Waals surface area contributed by atoms with Crippen molar-refractivity contribution in [3.63, 3.8) is 0 Å². The maximum atomic E-state index is 14.7. The van der Waals surface area contributed by atoms with Gasteiger partial charge in [-0.3, -0.25) is 9.48 Å². The van der Waals surface area contributed by atoms with E-state index >= 15 is 0 Å². The molecule has 0 radical (unpaired) electrons. The zero-order chi connectivity index (χ0) is 31.8. The number of rotatable bonds is 9. The number of nitrogens with zero attached hydrogens (tertiary/aromatic N) is 4. The Kier molecular flexibility index (Phi) is 8.42. The number of benzene rings is 2. The highest BCUT2D eigenvalue weighted by molar-refractivity contribution is 7.18. The first-order valence-electron chi connectivity index (χ1n) is 15.6. The van der Waals surface area contributed by atoms with Crippen LogP contribution in [0.4, 0.5) is 4.39 Å². The number of methoxy groups -OCH3 is 1. The lowest BCUT2D eigenvalue weighted by Gasteiger charge is -2.20. The summed E-state index contributed by atoms with van der Waals surface area (Å²) >= 11 is 1.64. The number of ether oxygens (including phenoxy) is 2. The van der Waals surface area contributed by atoms with E-state index in [-0.39, 0.29) is 24.4 Å². The van der Waals surface area contributed by atoms with Crippen molar-refractivity contribution in [1.82, 2.24) is 25.0 Å². The molecule has 7 rings (SSSR count). The third-order valence-corrected chi connectivity index (χ3v) is 9.86. The summed E-state index contributed by atoms with van der Waals surface area (Å²) in [6.07, 6.45) is 5.18. The Morgan fingerprint density at radius 2 is 2.04 bits per heavy atom. The molecular weight excluding hydrogens is 601 g/mol. The summed E-state index contributed by atoms with van der Waals surface area (Å²) in [6.45, 7) is 9.34. The second-order valence-corrected chi connectivity index (χ2v) is 12.7. The van der Waals surface area contributed by atoms with E-state index in [0.29, 0.717) is 25.4 Å². The number of amides is 1. The minimum absolute atomic E-state index is 0.0396. The number of nitrogens with one attached hydrogen (secondary N) is 1. The van der Waals surface area contributed by atoms with Crippen molar-refractivity contribution >= 4 is 27.3 Å². The highest BCUT2D eigenvalue weighted by atomic mass is 32.1. The van der Waals surface area contributed by atoms with E-state index in [1.54, 1.807) is 24.5 Å². The molecule has 0 saturated carbocycles. The minimum atomic E-state index is -0.378. The highest BCUT2D eigenvalue weighted by Gasteiger charge is 2.29. The van der Waals surface area contributed by atoms with Gasteiger partial charge in [0.15, 0.2) is 0 Å². The third-order valence-electron chi connectivity index (χ3n) is 8.93. The molecule has 236 valence electrons. The molecule has 2 aliphatic rings. The van der Waals surface area contributed by atoms with E-state index in [0.717, 1.165) is 75.4 Å². The maximum Gasteiger partial charge on any atom is 0.246 e. The molecule has 46 heavy (non-hydrogen) atoms. The monoisotopic (exact) mass is 637 g/mol. The molecule has 1 saturated heterocycles. The van der Waals surface area contributed by atoms with Crippen molar-refractivity contribution in [3.8, 4) is 39.4 Å². The van der Waals surface area contributed by atoms with Crippen molar-refractivity contribution in [2.24, 2.45) is 0 Å². The molecule has 1 N–H and O–H groups in total. The summed E-state index contributed by atoms with van der Waals surface area (Å²) in [5.41, 5.74) is 8.71. The molecule has 0 bridgehead atoms. The van der Waals surface area contributed by atoms with Gasteiger partial charge in [-0.1, -0.05) is 18.7 Å². The minimum Gasteiger partial charge on any atom is -0.490 e. The van der Waals surface area contributed by atoms with Crippen LogP contribution in [-0.2, 0) is 22.5 Å². The fourth-order valence-corrected chi connectivity index (χ4v) is 7.52. The van der Waals surface area contributed by atoms with Crippen molar-refractivity contribution in [2.45, 2.75) is 32.4 Å². The van der Waals surface area contributed by atoms with Gasteiger partial charge >= 0.3 is 0 Å². The van der Waals surface area contributed by atoms with E-state index < -0.39 is 0 Å². The Labute approximate surface area is 271 Å². The summed E-state index contributed by atoms with van der Waals surface area (Å²) in [5.74, 6) is -0.0122. The number of fused-ring (bicyclic) bond motifs is 2. The Morgan fingerprint density at radius 1 is 1.15 bits per heavy atom. The molecule has 2 aromatic carbocycles. The number of hydrogen-bond donors (Lipinski definition) is 1. The van der Waals surface area contributed by atoms with Crippen LogP contribution in [0.15, 0.2) is 66.7 Å². The lowest BCUT2D eigenvalue weighted by atomic mass is 9.93. The quantitative estimate of drug-likeness (QED) is 0.146. The molecule has 5 aromatic rings. The van der Waals surface area contributed by atoms with E-state index in [1.807, 2.05) is 22.7 Å². The summed E-state index contributed by atoms with van der Waals surface area (Å²) in [6, 6.07) is 13.5. The van der Waals surface area contributed by atoms with Crippen LogP contribution in [0.1, 0.15) is 29.3 Å². The number of halogens is 1. The average Bonchev–Trinajstić information content (AvgIpc) is 3.84. The van der Waals surface area contributed by atoms with Gasteiger partial charge in [-0.25, -0.2) is 9.37 Å². The zero-order valence-electron chi connectivity index (χ0n) is 26.0. The number of hydrogen-bond acceptors (Lipinski definition) is 7. The Bertz CT molecular complexity index is 1950. The molecule has 0 aliphatic carbocycles. The molecule has 3 aromatic heterocycles. The summed E-state index contributed by atoms with van der Waals surface area (Å²) in [7, 11) is 1.61. The summed E-state index contributed by atoms with van der Waals surface area (Å²) < 4.78 is 29.0. The number of likely N-dealkylation sites (tertiary alicyclic amines) is 1. The normalized spacial score (nSPS) is 16.2. The smallest absolute Gasteiger partial charge is 0.246 e. The number of carbonyl (C=O) groups excluding carboxylic acids is 1. The van der Waals surface area contributed by atoms with E-state index in [2.05, 4.69) is 41.5 Å². The van der Waals surface area contributed by atoms with Crippen molar-refractivity contribution < 1.29 is 18.7 Å². The Hall–Kier alpha value is -4.38. The summed E-state index contributed by atoms with van der Waals surface area (Å²) in [5, 5.41) is 11.5. The number of carbonyl (C=O) groups is 1. The average molecular weight is 638 g/mol. The molecule has 1 atom stereocenters. The molecule has 0 spiro atoms.